The maximum absolute atomic E-state index is 11.2. The van der Waals surface area contributed by atoms with Gasteiger partial charge < -0.3 is 13.9 Å². The first-order valence-electron chi connectivity index (χ1n) is 5.75. The first kappa shape index (κ1) is 13.6. The van der Waals surface area contributed by atoms with Crippen LogP contribution in [0.4, 0.5) is 0 Å². The third kappa shape index (κ3) is 4.42. The number of nitrogens with one attached hydrogen (secondary N) is 1. The summed E-state index contributed by atoms with van der Waals surface area (Å²) in [6.07, 6.45) is 2.64. The van der Waals surface area contributed by atoms with Crippen LogP contribution >= 0.6 is 0 Å². The molecule has 0 fully saturated rings. The first-order chi connectivity index (χ1) is 9.04. The van der Waals surface area contributed by atoms with Crippen LogP contribution < -0.4 is 9.50 Å². The van der Waals surface area contributed by atoms with Gasteiger partial charge in [-0.1, -0.05) is 18.2 Å². The molecule has 0 bridgehead atoms. The molecule has 0 unspecified atom stereocenters. The molecular formula is C13H15NO4S. The molecule has 6 heteroatoms. The molecule has 1 N–H and O–H groups in total. The third-order valence-corrected chi connectivity index (χ3v) is 2.89. The third-order valence-electron chi connectivity index (χ3n) is 2.41. The number of benzene rings is 1. The SMILES string of the molecule is CS(=O)(=O)Oc1ccccc1CNCc1ccco1. The van der Waals surface area contributed by atoms with Gasteiger partial charge in [-0.3, -0.25) is 0 Å². The predicted octanol–water partition coefficient (Wildman–Crippen LogP) is 1.91. The molecule has 2 aromatic rings. The van der Waals surface area contributed by atoms with Crippen LogP contribution in [0.1, 0.15) is 11.3 Å². The van der Waals surface area contributed by atoms with Crippen LogP contribution in [-0.2, 0) is 23.2 Å². The van der Waals surface area contributed by atoms with Crippen LogP contribution in [0.5, 0.6) is 5.75 Å². The fourth-order valence-electron chi connectivity index (χ4n) is 1.63. The molecule has 102 valence electrons. The van der Waals surface area contributed by atoms with Gasteiger partial charge in [-0.25, -0.2) is 0 Å². The molecule has 0 amide bonds. The molecule has 0 saturated heterocycles. The van der Waals surface area contributed by atoms with Gasteiger partial charge in [-0.15, -0.1) is 0 Å². The van der Waals surface area contributed by atoms with E-state index in [0.717, 1.165) is 17.6 Å². The van der Waals surface area contributed by atoms with Crippen molar-refractivity contribution < 1.29 is 17.0 Å². The van der Waals surface area contributed by atoms with E-state index in [1.54, 1.807) is 18.4 Å². The number of rotatable bonds is 6. The number of hydrogen-bond donors (Lipinski definition) is 1. The lowest BCUT2D eigenvalue weighted by Crippen LogP contribution is -2.14. The molecule has 0 radical (unpaired) electrons. The Balaban J connectivity index is 1.99. The molecule has 0 saturated carbocycles. The summed E-state index contributed by atoms with van der Waals surface area (Å²) >= 11 is 0. The van der Waals surface area contributed by atoms with E-state index in [1.807, 2.05) is 24.3 Å². The lowest BCUT2D eigenvalue weighted by atomic mass is 10.2. The number of para-hydroxylation sites is 1. The second-order valence-corrected chi connectivity index (χ2v) is 5.65. The second-order valence-electron chi connectivity index (χ2n) is 4.08. The van der Waals surface area contributed by atoms with Crippen LogP contribution in [0.15, 0.2) is 47.1 Å². The van der Waals surface area contributed by atoms with Crippen LogP contribution in [0.25, 0.3) is 0 Å². The Morgan fingerprint density at radius 1 is 1.16 bits per heavy atom. The zero-order valence-corrected chi connectivity index (χ0v) is 11.3. The summed E-state index contributed by atoms with van der Waals surface area (Å²) in [5.41, 5.74) is 0.777. The van der Waals surface area contributed by atoms with E-state index >= 15 is 0 Å². The van der Waals surface area contributed by atoms with Crippen molar-refractivity contribution in [1.29, 1.82) is 0 Å². The zero-order valence-electron chi connectivity index (χ0n) is 10.5. The van der Waals surface area contributed by atoms with Gasteiger partial charge >= 0.3 is 10.1 Å². The Bertz CT molecular complexity index is 620. The molecule has 0 aliphatic rings. The average molecular weight is 281 g/mol. The van der Waals surface area contributed by atoms with E-state index < -0.39 is 10.1 Å². The smallest absolute Gasteiger partial charge is 0.306 e. The summed E-state index contributed by atoms with van der Waals surface area (Å²) in [6.45, 7) is 1.06. The zero-order chi connectivity index (χ0) is 13.7. The van der Waals surface area contributed by atoms with Crippen molar-refractivity contribution in [1.82, 2.24) is 5.32 Å². The summed E-state index contributed by atoms with van der Waals surface area (Å²) in [6, 6.07) is 10.7. The highest BCUT2D eigenvalue weighted by molar-refractivity contribution is 7.86. The minimum Gasteiger partial charge on any atom is -0.468 e. The van der Waals surface area contributed by atoms with E-state index in [-0.39, 0.29) is 0 Å². The molecule has 1 heterocycles. The second kappa shape index (κ2) is 5.90. The summed E-state index contributed by atoms with van der Waals surface area (Å²) in [5.74, 6) is 1.17. The average Bonchev–Trinajstić information content (AvgIpc) is 2.82. The Morgan fingerprint density at radius 3 is 2.63 bits per heavy atom. The molecule has 1 aromatic carbocycles. The van der Waals surface area contributed by atoms with Crippen molar-refractivity contribution in [2.45, 2.75) is 13.1 Å². The van der Waals surface area contributed by atoms with E-state index in [4.69, 9.17) is 8.60 Å². The highest BCUT2D eigenvalue weighted by Gasteiger charge is 2.09. The molecular weight excluding hydrogens is 266 g/mol. The van der Waals surface area contributed by atoms with E-state index in [1.165, 1.54) is 0 Å². The Hall–Kier alpha value is -1.79. The van der Waals surface area contributed by atoms with Crippen LogP contribution in [0, 0.1) is 0 Å². The summed E-state index contributed by atoms with van der Waals surface area (Å²) in [5, 5.41) is 3.16. The molecule has 0 atom stereocenters. The van der Waals surface area contributed by atoms with Gasteiger partial charge in [-0.2, -0.15) is 8.42 Å². The van der Waals surface area contributed by atoms with Gasteiger partial charge in [0.1, 0.15) is 11.5 Å². The fourth-order valence-corrected chi connectivity index (χ4v) is 2.12. The van der Waals surface area contributed by atoms with Crippen molar-refractivity contribution in [2.75, 3.05) is 6.26 Å². The quantitative estimate of drug-likeness (QED) is 0.819. The molecule has 0 aliphatic carbocycles. The van der Waals surface area contributed by atoms with Crippen LogP contribution in [0.2, 0.25) is 0 Å². The topological polar surface area (TPSA) is 68.5 Å². The van der Waals surface area contributed by atoms with Gasteiger partial charge in [0.05, 0.1) is 19.1 Å². The fraction of sp³-hybridized carbons (Fsp3) is 0.231. The Labute approximate surface area is 112 Å². The number of furan rings is 1. The normalized spacial score (nSPS) is 11.4. The van der Waals surface area contributed by atoms with E-state index in [2.05, 4.69) is 5.32 Å². The van der Waals surface area contributed by atoms with Crippen molar-refractivity contribution in [3.63, 3.8) is 0 Å². The van der Waals surface area contributed by atoms with Gasteiger partial charge in [0.2, 0.25) is 0 Å². The summed E-state index contributed by atoms with van der Waals surface area (Å²) in [4.78, 5) is 0. The largest absolute Gasteiger partial charge is 0.468 e. The molecule has 5 nitrogen and oxygen atoms in total. The predicted molar refractivity (Wildman–Crippen MR) is 71.2 cm³/mol. The van der Waals surface area contributed by atoms with Crippen molar-refractivity contribution in [2.24, 2.45) is 0 Å². The molecule has 0 spiro atoms. The summed E-state index contributed by atoms with van der Waals surface area (Å²) in [7, 11) is -3.51. The number of hydrogen-bond acceptors (Lipinski definition) is 5. The van der Waals surface area contributed by atoms with Gasteiger partial charge in [-0.05, 0) is 18.2 Å². The van der Waals surface area contributed by atoms with E-state index in [0.29, 0.717) is 18.8 Å². The molecule has 19 heavy (non-hydrogen) atoms. The van der Waals surface area contributed by atoms with Crippen molar-refractivity contribution in [3.8, 4) is 5.75 Å². The van der Waals surface area contributed by atoms with Crippen molar-refractivity contribution >= 4 is 10.1 Å². The van der Waals surface area contributed by atoms with Crippen LogP contribution in [0.3, 0.4) is 0 Å². The molecule has 2 rings (SSSR count). The highest BCUT2D eigenvalue weighted by Crippen LogP contribution is 2.19. The monoisotopic (exact) mass is 281 g/mol. The highest BCUT2D eigenvalue weighted by atomic mass is 32.2. The molecule has 0 aliphatic heterocycles. The maximum Gasteiger partial charge on any atom is 0.306 e. The minimum atomic E-state index is -3.51. The lowest BCUT2D eigenvalue weighted by Gasteiger charge is -2.09. The first-order valence-corrected chi connectivity index (χ1v) is 7.57. The minimum absolute atomic E-state index is 0.344. The summed E-state index contributed by atoms with van der Waals surface area (Å²) < 4.78 is 32.4. The molecule has 1 aromatic heterocycles. The van der Waals surface area contributed by atoms with Crippen molar-refractivity contribution in [3.05, 3.63) is 54.0 Å². The van der Waals surface area contributed by atoms with Gasteiger partial charge in [0, 0.05) is 12.1 Å². The Morgan fingerprint density at radius 2 is 1.95 bits per heavy atom. The van der Waals surface area contributed by atoms with Crippen LogP contribution in [-0.4, -0.2) is 14.7 Å². The van der Waals surface area contributed by atoms with E-state index in [9.17, 15) is 8.42 Å². The van der Waals surface area contributed by atoms with Gasteiger partial charge in [0.15, 0.2) is 0 Å². The maximum atomic E-state index is 11.2. The Kier molecular flexibility index (Phi) is 4.24. The lowest BCUT2D eigenvalue weighted by molar-refractivity contribution is 0.473. The van der Waals surface area contributed by atoms with Gasteiger partial charge in [0.25, 0.3) is 0 Å². The standard InChI is InChI=1S/C13H15NO4S/c1-19(15,16)18-13-7-3-2-5-11(13)9-14-10-12-6-4-8-17-12/h2-8,14H,9-10H2,1H3.